The molecule has 0 radical (unpaired) electrons. The lowest BCUT2D eigenvalue weighted by atomic mass is 9.99. The SMILES string of the molecule is COc1ccc(CCc2cc(OC)c(OC)c(OC3OC(CO)C(O)C(O)C3O)c2)cc1O. The van der Waals surface area contributed by atoms with Crippen LogP contribution in [-0.2, 0) is 17.6 Å². The average molecular weight is 466 g/mol. The van der Waals surface area contributed by atoms with Crippen molar-refractivity contribution in [3.05, 3.63) is 41.5 Å². The summed E-state index contributed by atoms with van der Waals surface area (Å²) in [6.45, 7) is -0.569. The first kappa shape index (κ1) is 24.9. The van der Waals surface area contributed by atoms with Crippen LogP contribution < -0.4 is 18.9 Å². The number of aliphatic hydroxyl groups excluding tert-OH is 4. The minimum atomic E-state index is -1.57. The summed E-state index contributed by atoms with van der Waals surface area (Å²) in [6.07, 6.45) is -5.96. The Labute approximate surface area is 191 Å². The van der Waals surface area contributed by atoms with E-state index in [4.69, 9.17) is 23.7 Å². The van der Waals surface area contributed by atoms with Gasteiger partial charge in [-0.1, -0.05) is 6.07 Å². The molecule has 5 atom stereocenters. The van der Waals surface area contributed by atoms with Crippen LogP contribution in [0.5, 0.6) is 28.7 Å². The molecule has 0 aromatic heterocycles. The lowest BCUT2D eigenvalue weighted by Crippen LogP contribution is -2.60. The summed E-state index contributed by atoms with van der Waals surface area (Å²) in [4.78, 5) is 0. The minimum absolute atomic E-state index is 0.0500. The van der Waals surface area contributed by atoms with E-state index in [0.29, 0.717) is 24.3 Å². The highest BCUT2D eigenvalue weighted by Gasteiger charge is 2.45. The Bertz CT molecular complexity index is 932. The summed E-state index contributed by atoms with van der Waals surface area (Å²) in [7, 11) is 4.38. The zero-order valence-corrected chi connectivity index (χ0v) is 18.7. The zero-order valence-electron chi connectivity index (χ0n) is 18.7. The number of hydrogen-bond acceptors (Lipinski definition) is 10. The number of methoxy groups -OCH3 is 3. The van der Waals surface area contributed by atoms with E-state index in [2.05, 4.69) is 0 Å². The van der Waals surface area contributed by atoms with Gasteiger partial charge < -0.3 is 49.2 Å². The fourth-order valence-corrected chi connectivity index (χ4v) is 3.69. The molecule has 2 aromatic rings. The number of rotatable bonds is 9. The highest BCUT2D eigenvalue weighted by molar-refractivity contribution is 5.54. The first-order valence-electron chi connectivity index (χ1n) is 10.4. The van der Waals surface area contributed by atoms with Crippen LogP contribution in [0.1, 0.15) is 11.1 Å². The molecule has 0 spiro atoms. The number of aliphatic hydroxyl groups is 4. The topological polar surface area (TPSA) is 147 Å². The molecule has 182 valence electrons. The second-order valence-electron chi connectivity index (χ2n) is 7.65. The Hall–Kier alpha value is -2.76. The van der Waals surface area contributed by atoms with Crippen molar-refractivity contribution < 1.29 is 49.2 Å². The summed E-state index contributed by atoms with van der Waals surface area (Å²) < 4.78 is 27.1. The standard InChI is InChI=1S/C23H30O10/c1-29-15-7-6-12(8-14(15)25)4-5-13-9-16(30-2)22(31-3)17(10-13)32-23-21(28)20(27)19(26)18(11-24)33-23/h6-10,18-21,23-28H,4-5,11H2,1-3H3. The Kier molecular flexibility index (Phi) is 8.22. The van der Waals surface area contributed by atoms with Gasteiger partial charge in [-0.3, -0.25) is 0 Å². The molecule has 1 aliphatic rings. The van der Waals surface area contributed by atoms with Crippen molar-refractivity contribution in [3.63, 3.8) is 0 Å². The van der Waals surface area contributed by atoms with Crippen molar-refractivity contribution >= 4 is 0 Å². The maximum absolute atomic E-state index is 10.3. The van der Waals surface area contributed by atoms with E-state index < -0.39 is 37.3 Å². The highest BCUT2D eigenvalue weighted by atomic mass is 16.7. The lowest BCUT2D eigenvalue weighted by Gasteiger charge is -2.39. The summed E-state index contributed by atoms with van der Waals surface area (Å²) in [6, 6.07) is 8.64. The van der Waals surface area contributed by atoms with Crippen molar-refractivity contribution in [1.29, 1.82) is 0 Å². The molecule has 33 heavy (non-hydrogen) atoms. The number of phenolic OH excluding ortho intramolecular Hbond substituents is 1. The van der Waals surface area contributed by atoms with E-state index in [9.17, 15) is 25.5 Å². The first-order valence-corrected chi connectivity index (χ1v) is 10.4. The van der Waals surface area contributed by atoms with E-state index >= 15 is 0 Å². The Morgan fingerprint density at radius 2 is 1.45 bits per heavy atom. The minimum Gasteiger partial charge on any atom is -0.504 e. The molecule has 3 rings (SSSR count). The second-order valence-corrected chi connectivity index (χ2v) is 7.65. The van der Waals surface area contributed by atoms with E-state index in [1.165, 1.54) is 21.3 Å². The molecule has 2 aromatic carbocycles. The molecule has 0 aliphatic carbocycles. The van der Waals surface area contributed by atoms with Crippen LogP contribution in [0, 0.1) is 0 Å². The first-order chi connectivity index (χ1) is 15.8. The van der Waals surface area contributed by atoms with Crippen LogP contribution >= 0.6 is 0 Å². The van der Waals surface area contributed by atoms with Gasteiger partial charge in [0.15, 0.2) is 23.0 Å². The van der Waals surface area contributed by atoms with Crippen LogP contribution in [0.2, 0.25) is 0 Å². The van der Waals surface area contributed by atoms with Crippen LogP contribution in [0.4, 0.5) is 0 Å². The Morgan fingerprint density at radius 3 is 2.06 bits per heavy atom. The van der Waals surface area contributed by atoms with Gasteiger partial charge in [-0.05, 0) is 48.2 Å². The number of ether oxygens (including phenoxy) is 5. The quantitative estimate of drug-likeness (QED) is 0.351. The molecule has 1 fully saturated rings. The largest absolute Gasteiger partial charge is 0.504 e. The molecule has 5 unspecified atom stereocenters. The predicted octanol–water partition coefficient (Wildman–Crippen LogP) is 0.382. The predicted molar refractivity (Wildman–Crippen MR) is 116 cm³/mol. The summed E-state index contributed by atoms with van der Waals surface area (Å²) in [5.41, 5.74) is 1.70. The summed E-state index contributed by atoms with van der Waals surface area (Å²) in [5, 5.41) is 49.7. The Balaban J connectivity index is 1.84. The van der Waals surface area contributed by atoms with Gasteiger partial charge in [0.1, 0.15) is 24.4 Å². The number of aryl methyl sites for hydroxylation is 2. The highest BCUT2D eigenvalue weighted by Crippen LogP contribution is 2.40. The van der Waals surface area contributed by atoms with Crippen molar-refractivity contribution in [1.82, 2.24) is 0 Å². The third-order valence-corrected chi connectivity index (χ3v) is 5.54. The molecule has 0 bridgehead atoms. The molecule has 0 amide bonds. The number of phenols is 1. The van der Waals surface area contributed by atoms with Gasteiger partial charge in [-0.15, -0.1) is 0 Å². The van der Waals surface area contributed by atoms with Gasteiger partial charge in [-0.2, -0.15) is 0 Å². The average Bonchev–Trinajstić information content (AvgIpc) is 2.82. The molecule has 0 saturated carbocycles. The fourth-order valence-electron chi connectivity index (χ4n) is 3.69. The van der Waals surface area contributed by atoms with Gasteiger partial charge in [-0.25, -0.2) is 0 Å². The molecular weight excluding hydrogens is 436 g/mol. The molecule has 1 heterocycles. The number of aromatic hydroxyl groups is 1. The van der Waals surface area contributed by atoms with Crippen LogP contribution in [-0.4, -0.2) is 84.2 Å². The van der Waals surface area contributed by atoms with E-state index in [1.54, 1.807) is 24.3 Å². The van der Waals surface area contributed by atoms with Crippen LogP contribution in [0.25, 0.3) is 0 Å². The smallest absolute Gasteiger partial charge is 0.229 e. The van der Waals surface area contributed by atoms with Crippen molar-refractivity contribution in [2.24, 2.45) is 0 Å². The normalized spacial score (nSPS) is 24.9. The summed E-state index contributed by atoms with van der Waals surface area (Å²) >= 11 is 0. The maximum Gasteiger partial charge on any atom is 0.229 e. The zero-order chi connectivity index (χ0) is 24.1. The lowest BCUT2D eigenvalue weighted by molar-refractivity contribution is -0.277. The Morgan fingerprint density at radius 1 is 0.788 bits per heavy atom. The third-order valence-electron chi connectivity index (χ3n) is 5.54. The van der Waals surface area contributed by atoms with Gasteiger partial charge >= 0.3 is 0 Å². The van der Waals surface area contributed by atoms with Crippen LogP contribution in [0.3, 0.4) is 0 Å². The molecule has 10 nitrogen and oxygen atoms in total. The molecule has 5 N–H and O–H groups in total. The number of hydrogen-bond donors (Lipinski definition) is 5. The van der Waals surface area contributed by atoms with Gasteiger partial charge in [0.2, 0.25) is 12.0 Å². The number of benzene rings is 2. The maximum atomic E-state index is 10.3. The second kappa shape index (κ2) is 10.9. The molecular formula is C23H30O10. The summed E-state index contributed by atoms with van der Waals surface area (Å²) in [5.74, 6) is 1.26. The van der Waals surface area contributed by atoms with E-state index in [1.807, 2.05) is 6.07 Å². The van der Waals surface area contributed by atoms with Crippen LogP contribution in [0.15, 0.2) is 30.3 Å². The molecule has 1 saturated heterocycles. The van der Waals surface area contributed by atoms with Crippen molar-refractivity contribution in [3.8, 4) is 28.7 Å². The van der Waals surface area contributed by atoms with Gasteiger partial charge in [0, 0.05) is 0 Å². The van der Waals surface area contributed by atoms with Crippen molar-refractivity contribution in [2.45, 2.75) is 43.5 Å². The van der Waals surface area contributed by atoms with E-state index in [0.717, 1.165) is 11.1 Å². The fraction of sp³-hybridized carbons (Fsp3) is 0.478. The van der Waals surface area contributed by atoms with E-state index in [-0.39, 0.29) is 17.2 Å². The van der Waals surface area contributed by atoms with Gasteiger partial charge in [0.25, 0.3) is 0 Å². The van der Waals surface area contributed by atoms with Gasteiger partial charge in [0.05, 0.1) is 27.9 Å². The third kappa shape index (κ3) is 5.43. The molecule has 1 aliphatic heterocycles. The van der Waals surface area contributed by atoms with Crippen molar-refractivity contribution in [2.75, 3.05) is 27.9 Å². The molecule has 10 heteroatoms. The monoisotopic (exact) mass is 466 g/mol.